The molecule has 0 saturated heterocycles. The number of benzene rings is 1. The number of para-hydroxylation sites is 2. The average Bonchev–Trinajstić information content (AvgIpc) is 3.13. The number of Topliss-reactive ketones (excluding diaryl/α,β-unsaturated/α-hetero) is 1. The van der Waals surface area contributed by atoms with Crippen molar-refractivity contribution < 1.29 is 4.79 Å². The second-order valence-electron chi connectivity index (χ2n) is 5.68. The van der Waals surface area contributed by atoms with Crippen LogP contribution in [0.1, 0.15) is 24.3 Å². The third-order valence-corrected chi connectivity index (χ3v) is 4.37. The van der Waals surface area contributed by atoms with Crippen LogP contribution in [0.3, 0.4) is 0 Å². The molecule has 2 heterocycles. The number of thioether (sulfide) groups is 1. The van der Waals surface area contributed by atoms with E-state index in [1.807, 2.05) is 24.3 Å². The lowest BCUT2D eigenvalue weighted by molar-refractivity contribution is 0.101. The number of H-pyrrole nitrogens is 1. The molecule has 0 aliphatic rings. The number of nitrogens with one attached hydrogen (secondary N) is 1. The molecule has 0 amide bonds. The van der Waals surface area contributed by atoms with Crippen LogP contribution in [-0.2, 0) is 6.54 Å². The first-order valence-electron chi connectivity index (χ1n) is 7.40. The number of carbonyl (C=O) groups excluding carboxylic acids is 1. The Hall–Kier alpha value is -2.01. The zero-order valence-electron chi connectivity index (χ0n) is 12.7. The number of imidazole rings is 1. The van der Waals surface area contributed by atoms with Gasteiger partial charge in [0.05, 0.1) is 22.5 Å². The Morgan fingerprint density at radius 2 is 2.09 bits per heavy atom. The number of carbonyl (C=O) groups is 1. The van der Waals surface area contributed by atoms with Gasteiger partial charge in [0, 0.05) is 12.7 Å². The van der Waals surface area contributed by atoms with Crippen molar-refractivity contribution >= 4 is 28.6 Å². The molecule has 3 aromatic rings. The zero-order valence-corrected chi connectivity index (χ0v) is 13.6. The van der Waals surface area contributed by atoms with Gasteiger partial charge >= 0.3 is 0 Å². The normalized spacial score (nSPS) is 11.4. The van der Waals surface area contributed by atoms with Crippen molar-refractivity contribution in [3.05, 3.63) is 48.3 Å². The van der Waals surface area contributed by atoms with Crippen LogP contribution in [0.5, 0.6) is 0 Å². The standard InChI is InChI=1S/C17H19N3OS/c1-12(2)10-20-15-8-4-3-6-13(15)19-17(20)22-11-16(21)14-7-5-9-18-14/h3-9,12,18H,10-11H2,1-2H3. The van der Waals surface area contributed by atoms with Crippen LogP contribution in [-0.4, -0.2) is 26.1 Å². The molecule has 0 unspecified atom stereocenters. The van der Waals surface area contributed by atoms with Crippen molar-refractivity contribution in [2.75, 3.05) is 5.75 Å². The van der Waals surface area contributed by atoms with Gasteiger partial charge in [0.25, 0.3) is 0 Å². The number of nitrogens with zero attached hydrogens (tertiary/aromatic N) is 2. The first kappa shape index (κ1) is 14.9. The molecule has 0 bridgehead atoms. The van der Waals surface area contributed by atoms with Gasteiger partial charge in [0.2, 0.25) is 0 Å². The summed E-state index contributed by atoms with van der Waals surface area (Å²) in [6.07, 6.45) is 1.77. The Morgan fingerprint density at radius 1 is 1.27 bits per heavy atom. The molecule has 22 heavy (non-hydrogen) atoms. The summed E-state index contributed by atoms with van der Waals surface area (Å²) in [4.78, 5) is 19.8. The van der Waals surface area contributed by atoms with Crippen LogP contribution in [0, 0.1) is 5.92 Å². The van der Waals surface area contributed by atoms with Crippen LogP contribution in [0.15, 0.2) is 47.8 Å². The second-order valence-corrected chi connectivity index (χ2v) is 6.63. The number of hydrogen-bond acceptors (Lipinski definition) is 3. The predicted molar refractivity (Wildman–Crippen MR) is 90.4 cm³/mol. The SMILES string of the molecule is CC(C)Cn1c(SCC(=O)c2ccc[nH]2)nc2ccccc21. The Balaban J connectivity index is 1.84. The minimum Gasteiger partial charge on any atom is -0.359 e. The van der Waals surface area contributed by atoms with E-state index in [0.717, 1.165) is 22.7 Å². The molecule has 5 heteroatoms. The molecule has 0 aliphatic heterocycles. The summed E-state index contributed by atoms with van der Waals surface area (Å²) in [5.41, 5.74) is 2.77. The molecule has 0 radical (unpaired) electrons. The van der Waals surface area contributed by atoms with Gasteiger partial charge in [-0.25, -0.2) is 4.98 Å². The molecule has 2 aromatic heterocycles. The first-order chi connectivity index (χ1) is 10.6. The van der Waals surface area contributed by atoms with E-state index >= 15 is 0 Å². The monoisotopic (exact) mass is 313 g/mol. The number of rotatable bonds is 6. The number of ketones is 1. The maximum absolute atomic E-state index is 12.1. The number of aromatic amines is 1. The van der Waals surface area contributed by atoms with E-state index in [0.29, 0.717) is 17.4 Å². The van der Waals surface area contributed by atoms with Crippen molar-refractivity contribution in [2.24, 2.45) is 5.92 Å². The summed E-state index contributed by atoms with van der Waals surface area (Å²) < 4.78 is 2.21. The van der Waals surface area contributed by atoms with E-state index in [1.165, 1.54) is 11.8 Å². The molecule has 0 aliphatic carbocycles. The van der Waals surface area contributed by atoms with Gasteiger partial charge in [0.15, 0.2) is 10.9 Å². The zero-order chi connectivity index (χ0) is 15.5. The summed E-state index contributed by atoms with van der Waals surface area (Å²) in [6.45, 7) is 5.28. The number of hydrogen-bond donors (Lipinski definition) is 1. The van der Waals surface area contributed by atoms with Crippen LogP contribution in [0.2, 0.25) is 0 Å². The van der Waals surface area contributed by atoms with Gasteiger partial charge in [0.1, 0.15) is 0 Å². The largest absolute Gasteiger partial charge is 0.359 e. The van der Waals surface area contributed by atoms with Crippen molar-refractivity contribution in [2.45, 2.75) is 25.5 Å². The minimum absolute atomic E-state index is 0.0955. The first-order valence-corrected chi connectivity index (χ1v) is 8.38. The fourth-order valence-corrected chi connectivity index (χ4v) is 3.32. The molecule has 0 atom stereocenters. The summed E-state index contributed by atoms with van der Waals surface area (Å²) in [6, 6.07) is 11.8. The quantitative estimate of drug-likeness (QED) is 0.553. The molecule has 114 valence electrons. The highest BCUT2D eigenvalue weighted by molar-refractivity contribution is 7.99. The molecular weight excluding hydrogens is 294 g/mol. The van der Waals surface area contributed by atoms with Gasteiger partial charge in [-0.05, 0) is 30.2 Å². The third kappa shape index (κ3) is 3.09. The Labute approximate surface area is 133 Å². The Morgan fingerprint density at radius 3 is 2.82 bits per heavy atom. The lowest BCUT2D eigenvalue weighted by Gasteiger charge is -2.11. The molecule has 4 nitrogen and oxygen atoms in total. The topological polar surface area (TPSA) is 50.7 Å². The summed E-state index contributed by atoms with van der Waals surface area (Å²) in [5.74, 6) is 1.01. The molecule has 0 fully saturated rings. The smallest absolute Gasteiger partial charge is 0.189 e. The Kier molecular flexibility index (Phi) is 4.34. The highest BCUT2D eigenvalue weighted by Gasteiger charge is 2.14. The number of aromatic nitrogens is 3. The van der Waals surface area contributed by atoms with Gasteiger partial charge in [-0.15, -0.1) is 0 Å². The lowest BCUT2D eigenvalue weighted by Crippen LogP contribution is -2.08. The van der Waals surface area contributed by atoms with Gasteiger partial charge < -0.3 is 9.55 Å². The van der Waals surface area contributed by atoms with Gasteiger partial charge in [-0.1, -0.05) is 37.7 Å². The molecule has 3 rings (SSSR count). The van der Waals surface area contributed by atoms with Crippen LogP contribution >= 0.6 is 11.8 Å². The minimum atomic E-state index is 0.0955. The molecule has 1 aromatic carbocycles. The second kappa shape index (κ2) is 6.40. The average molecular weight is 313 g/mol. The highest BCUT2D eigenvalue weighted by Crippen LogP contribution is 2.25. The fourth-order valence-electron chi connectivity index (χ4n) is 2.42. The van der Waals surface area contributed by atoms with E-state index < -0.39 is 0 Å². The van der Waals surface area contributed by atoms with E-state index in [4.69, 9.17) is 0 Å². The van der Waals surface area contributed by atoms with Crippen LogP contribution in [0.4, 0.5) is 0 Å². The molecule has 1 N–H and O–H groups in total. The fraction of sp³-hybridized carbons (Fsp3) is 0.294. The van der Waals surface area contributed by atoms with Gasteiger partial charge in [-0.3, -0.25) is 4.79 Å². The van der Waals surface area contributed by atoms with Crippen molar-refractivity contribution in [3.63, 3.8) is 0 Å². The summed E-state index contributed by atoms with van der Waals surface area (Å²) in [7, 11) is 0. The van der Waals surface area contributed by atoms with E-state index in [-0.39, 0.29) is 5.78 Å². The highest BCUT2D eigenvalue weighted by atomic mass is 32.2. The lowest BCUT2D eigenvalue weighted by atomic mass is 10.2. The summed E-state index contributed by atoms with van der Waals surface area (Å²) in [5, 5.41) is 0.912. The van der Waals surface area contributed by atoms with Crippen molar-refractivity contribution in [3.8, 4) is 0 Å². The Bertz CT molecular complexity index is 774. The van der Waals surface area contributed by atoms with E-state index in [1.54, 1.807) is 12.3 Å². The van der Waals surface area contributed by atoms with Crippen LogP contribution < -0.4 is 0 Å². The van der Waals surface area contributed by atoms with E-state index in [9.17, 15) is 4.79 Å². The predicted octanol–water partition coefficient (Wildman–Crippen LogP) is 4.00. The maximum Gasteiger partial charge on any atom is 0.189 e. The van der Waals surface area contributed by atoms with E-state index in [2.05, 4.69) is 34.4 Å². The molecule has 0 spiro atoms. The summed E-state index contributed by atoms with van der Waals surface area (Å²) >= 11 is 1.50. The molecule has 0 saturated carbocycles. The van der Waals surface area contributed by atoms with Crippen molar-refractivity contribution in [1.82, 2.24) is 14.5 Å². The van der Waals surface area contributed by atoms with Crippen molar-refractivity contribution in [1.29, 1.82) is 0 Å². The number of fused-ring (bicyclic) bond motifs is 1. The van der Waals surface area contributed by atoms with Gasteiger partial charge in [-0.2, -0.15) is 0 Å². The molecular formula is C17H19N3OS. The van der Waals surface area contributed by atoms with Crippen LogP contribution in [0.25, 0.3) is 11.0 Å². The maximum atomic E-state index is 12.1. The third-order valence-electron chi connectivity index (χ3n) is 3.40.